The van der Waals surface area contributed by atoms with Gasteiger partial charge in [-0.05, 0) is 48.2 Å². The van der Waals surface area contributed by atoms with Gasteiger partial charge in [0.1, 0.15) is 5.76 Å². The van der Waals surface area contributed by atoms with Gasteiger partial charge in [0.05, 0.1) is 11.7 Å². The topological polar surface area (TPSA) is 56.5 Å². The first-order chi connectivity index (χ1) is 12.7. The van der Waals surface area contributed by atoms with Crippen LogP contribution in [-0.2, 0) is 12.0 Å². The number of benzene rings is 2. The first-order valence-corrected chi connectivity index (χ1v) is 8.95. The zero-order valence-electron chi connectivity index (χ0n) is 14.0. The van der Waals surface area contributed by atoms with Gasteiger partial charge in [-0.25, -0.2) is 4.98 Å². The maximum atomic E-state index is 6.04. The highest BCUT2D eigenvalue weighted by molar-refractivity contribution is 6.30. The molecule has 0 saturated heterocycles. The summed E-state index contributed by atoms with van der Waals surface area (Å²) in [4.78, 5) is 4.39. The predicted molar refractivity (Wildman–Crippen MR) is 97.9 cm³/mol. The average Bonchev–Trinajstić information content (AvgIpc) is 3.05. The van der Waals surface area contributed by atoms with Crippen LogP contribution >= 0.6 is 11.6 Å². The molecule has 1 aliphatic carbocycles. The number of ether oxygens (including phenoxy) is 2. The van der Waals surface area contributed by atoms with E-state index in [1.54, 1.807) is 6.20 Å². The van der Waals surface area contributed by atoms with Gasteiger partial charge in [0.25, 0.3) is 6.01 Å². The Bertz CT molecular complexity index is 965. The number of oxazole rings is 1. The summed E-state index contributed by atoms with van der Waals surface area (Å²) in [6.45, 7) is 0.284. The molecule has 1 aliphatic heterocycles. The number of anilines is 1. The number of fused-ring (bicyclic) bond motifs is 1. The first-order valence-electron chi connectivity index (χ1n) is 8.58. The first kappa shape index (κ1) is 15.6. The Morgan fingerprint density at radius 2 is 1.96 bits per heavy atom. The van der Waals surface area contributed by atoms with E-state index in [0.29, 0.717) is 12.4 Å². The molecular formula is C20H17ClN2O3. The van der Waals surface area contributed by atoms with E-state index >= 15 is 0 Å². The third kappa shape index (κ3) is 2.88. The van der Waals surface area contributed by atoms with Crippen LogP contribution in [0, 0.1) is 0 Å². The molecule has 1 aromatic heterocycles. The molecule has 1 saturated carbocycles. The summed E-state index contributed by atoms with van der Waals surface area (Å²) >= 11 is 6.04. The largest absolute Gasteiger partial charge is 0.454 e. The number of hydrogen-bond donors (Lipinski definition) is 1. The maximum Gasteiger partial charge on any atom is 0.295 e. The molecule has 2 aromatic carbocycles. The number of nitrogens with one attached hydrogen (secondary N) is 1. The molecule has 0 unspecified atom stereocenters. The summed E-state index contributed by atoms with van der Waals surface area (Å²) in [5, 5.41) is 4.18. The summed E-state index contributed by atoms with van der Waals surface area (Å²) in [5.41, 5.74) is 2.12. The fourth-order valence-electron chi connectivity index (χ4n) is 3.30. The molecule has 2 heterocycles. The van der Waals surface area contributed by atoms with Crippen LogP contribution in [0.25, 0.3) is 0 Å². The number of hydrogen-bond acceptors (Lipinski definition) is 5. The Morgan fingerprint density at radius 1 is 1.08 bits per heavy atom. The second kappa shape index (κ2) is 5.95. The number of halogens is 1. The van der Waals surface area contributed by atoms with Crippen LogP contribution in [0.4, 0.5) is 6.01 Å². The summed E-state index contributed by atoms with van der Waals surface area (Å²) < 4.78 is 16.8. The summed E-state index contributed by atoms with van der Waals surface area (Å²) in [6.07, 6.45) is 4.47. The third-order valence-electron chi connectivity index (χ3n) is 4.84. The van der Waals surface area contributed by atoms with Crippen molar-refractivity contribution >= 4 is 17.6 Å². The van der Waals surface area contributed by atoms with Crippen LogP contribution < -0.4 is 14.8 Å². The van der Waals surface area contributed by atoms with E-state index in [-0.39, 0.29) is 12.3 Å². The number of rotatable bonds is 5. The SMILES string of the molecule is Clc1cccc(Cc2cnc(NC3(c4ccc5c(c4)OCO5)CC3)o2)c1. The molecule has 0 radical (unpaired) electrons. The van der Waals surface area contributed by atoms with Crippen molar-refractivity contribution in [3.63, 3.8) is 0 Å². The van der Waals surface area contributed by atoms with Crippen molar-refractivity contribution < 1.29 is 13.9 Å². The number of nitrogens with zero attached hydrogens (tertiary/aromatic N) is 1. The van der Waals surface area contributed by atoms with Crippen molar-refractivity contribution in [2.24, 2.45) is 0 Å². The lowest BCUT2D eigenvalue weighted by molar-refractivity contribution is 0.174. The Balaban J connectivity index is 1.33. The summed E-state index contributed by atoms with van der Waals surface area (Å²) in [7, 11) is 0. The standard InChI is InChI=1S/C20H17ClN2O3/c21-15-3-1-2-13(8-15)9-16-11-22-19(26-16)23-20(6-7-20)14-4-5-17-18(10-14)25-12-24-17/h1-5,8,10-11H,6-7,9,12H2,(H,22,23). The molecule has 0 atom stereocenters. The zero-order valence-corrected chi connectivity index (χ0v) is 14.8. The molecule has 5 nitrogen and oxygen atoms in total. The molecule has 1 fully saturated rings. The molecule has 0 bridgehead atoms. The van der Waals surface area contributed by atoms with Crippen LogP contribution in [0.1, 0.15) is 29.7 Å². The van der Waals surface area contributed by atoms with Crippen molar-refractivity contribution in [2.75, 3.05) is 12.1 Å². The minimum absolute atomic E-state index is 0.140. The number of aromatic nitrogens is 1. The Kier molecular flexibility index (Phi) is 3.57. The Labute approximate surface area is 155 Å². The van der Waals surface area contributed by atoms with E-state index in [4.69, 9.17) is 25.5 Å². The molecule has 1 N–H and O–H groups in total. The summed E-state index contributed by atoms with van der Waals surface area (Å²) in [6, 6.07) is 14.4. The van der Waals surface area contributed by atoms with Crippen LogP contribution in [0.15, 0.2) is 53.1 Å². The van der Waals surface area contributed by atoms with E-state index in [0.717, 1.165) is 46.3 Å². The molecule has 0 spiro atoms. The maximum absolute atomic E-state index is 6.04. The molecule has 5 rings (SSSR count). The minimum atomic E-state index is -0.140. The molecule has 2 aliphatic rings. The van der Waals surface area contributed by atoms with Gasteiger partial charge in [-0.1, -0.05) is 29.8 Å². The van der Waals surface area contributed by atoms with Gasteiger partial charge in [0, 0.05) is 11.4 Å². The molecular weight excluding hydrogens is 352 g/mol. The second-order valence-electron chi connectivity index (χ2n) is 6.71. The molecule has 6 heteroatoms. The van der Waals surface area contributed by atoms with Gasteiger partial charge >= 0.3 is 0 Å². The lowest BCUT2D eigenvalue weighted by atomic mass is 10.0. The highest BCUT2D eigenvalue weighted by Crippen LogP contribution is 2.50. The van der Waals surface area contributed by atoms with Crippen molar-refractivity contribution in [3.8, 4) is 11.5 Å². The van der Waals surface area contributed by atoms with Crippen LogP contribution in [0.2, 0.25) is 5.02 Å². The van der Waals surface area contributed by atoms with Crippen LogP contribution in [0.3, 0.4) is 0 Å². The van der Waals surface area contributed by atoms with Gasteiger partial charge in [0.2, 0.25) is 6.79 Å². The fraction of sp³-hybridized carbons (Fsp3) is 0.250. The van der Waals surface area contributed by atoms with Crippen LogP contribution in [0.5, 0.6) is 11.5 Å². The molecule has 0 amide bonds. The Hall–Kier alpha value is -2.66. The van der Waals surface area contributed by atoms with E-state index in [2.05, 4.69) is 16.4 Å². The quantitative estimate of drug-likeness (QED) is 0.704. The van der Waals surface area contributed by atoms with Crippen molar-refractivity contribution in [3.05, 3.63) is 70.6 Å². The van der Waals surface area contributed by atoms with Crippen molar-refractivity contribution in [2.45, 2.75) is 24.8 Å². The van der Waals surface area contributed by atoms with Gasteiger partial charge in [-0.3, -0.25) is 0 Å². The van der Waals surface area contributed by atoms with E-state index in [9.17, 15) is 0 Å². The highest BCUT2D eigenvalue weighted by atomic mass is 35.5. The Morgan fingerprint density at radius 3 is 2.81 bits per heavy atom. The molecule has 3 aromatic rings. The fourth-order valence-corrected chi connectivity index (χ4v) is 3.52. The van der Waals surface area contributed by atoms with Crippen LogP contribution in [-0.4, -0.2) is 11.8 Å². The van der Waals surface area contributed by atoms with Gasteiger partial charge in [-0.2, -0.15) is 0 Å². The van der Waals surface area contributed by atoms with Gasteiger partial charge in [0.15, 0.2) is 11.5 Å². The second-order valence-corrected chi connectivity index (χ2v) is 7.15. The van der Waals surface area contributed by atoms with E-state index < -0.39 is 0 Å². The third-order valence-corrected chi connectivity index (χ3v) is 5.08. The van der Waals surface area contributed by atoms with Crippen molar-refractivity contribution in [1.29, 1.82) is 0 Å². The zero-order chi connectivity index (χ0) is 17.6. The lowest BCUT2D eigenvalue weighted by Gasteiger charge is -2.16. The summed E-state index contributed by atoms with van der Waals surface area (Å²) in [5.74, 6) is 2.39. The van der Waals surface area contributed by atoms with E-state index in [1.807, 2.05) is 36.4 Å². The average molecular weight is 369 g/mol. The van der Waals surface area contributed by atoms with Gasteiger partial charge in [-0.15, -0.1) is 0 Å². The lowest BCUT2D eigenvalue weighted by Crippen LogP contribution is -2.18. The predicted octanol–water partition coefficient (Wildman–Crippen LogP) is 4.75. The monoisotopic (exact) mass is 368 g/mol. The van der Waals surface area contributed by atoms with Crippen molar-refractivity contribution in [1.82, 2.24) is 4.98 Å². The molecule has 26 heavy (non-hydrogen) atoms. The highest BCUT2D eigenvalue weighted by Gasteiger charge is 2.46. The molecule has 132 valence electrons. The smallest absolute Gasteiger partial charge is 0.295 e. The minimum Gasteiger partial charge on any atom is -0.454 e. The normalized spacial score (nSPS) is 16.5. The van der Waals surface area contributed by atoms with Gasteiger partial charge < -0.3 is 19.2 Å². The van der Waals surface area contributed by atoms with E-state index in [1.165, 1.54) is 0 Å².